The van der Waals surface area contributed by atoms with E-state index in [0.29, 0.717) is 22.9 Å². The van der Waals surface area contributed by atoms with E-state index in [2.05, 4.69) is 17.6 Å². The molecule has 1 heterocycles. The van der Waals surface area contributed by atoms with Crippen molar-refractivity contribution in [2.24, 2.45) is 5.92 Å². The summed E-state index contributed by atoms with van der Waals surface area (Å²) < 4.78 is 0. The third kappa shape index (κ3) is 3.35. The fourth-order valence-electron chi connectivity index (χ4n) is 4.53. The zero-order valence-corrected chi connectivity index (χ0v) is 17.7. The number of anilines is 2. The molecule has 3 atom stereocenters. The van der Waals surface area contributed by atoms with Crippen molar-refractivity contribution in [1.82, 2.24) is 5.32 Å². The molecule has 0 unspecified atom stereocenters. The topological polar surface area (TPSA) is 81.7 Å². The molecule has 2 aliphatic rings. The number of carbonyl (C=O) groups excluding carboxylic acids is 2. The van der Waals surface area contributed by atoms with Gasteiger partial charge in [-0.25, -0.2) is 4.79 Å². The molecule has 1 fully saturated rings. The second-order valence-corrected chi connectivity index (χ2v) is 8.59. The maximum Gasteiger partial charge on any atom is 0.329 e. The Morgan fingerprint density at radius 3 is 2.60 bits per heavy atom. The molecule has 1 aliphatic carbocycles. The summed E-state index contributed by atoms with van der Waals surface area (Å²) in [6.45, 7) is 6.04. The van der Waals surface area contributed by atoms with Gasteiger partial charge in [-0.2, -0.15) is 0 Å². The van der Waals surface area contributed by atoms with Crippen LogP contribution in [0.4, 0.5) is 16.2 Å². The van der Waals surface area contributed by atoms with Crippen LogP contribution in [0.5, 0.6) is 0 Å². The molecule has 30 heavy (non-hydrogen) atoms. The van der Waals surface area contributed by atoms with Gasteiger partial charge in [-0.3, -0.25) is 9.69 Å². The van der Waals surface area contributed by atoms with E-state index < -0.39 is 17.7 Å². The van der Waals surface area contributed by atoms with Crippen LogP contribution in [-0.4, -0.2) is 23.1 Å². The fraction of sp³-hybridized carbons (Fsp3) is 0.417. The van der Waals surface area contributed by atoms with Crippen molar-refractivity contribution in [3.05, 3.63) is 59.2 Å². The molecule has 158 valence electrons. The maximum absolute atomic E-state index is 13.6. The summed E-state index contributed by atoms with van der Waals surface area (Å²) in [5.41, 5.74) is 1.18. The number of hydrogen-bond donors (Lipinski definition) is 3. The number of urea groups is 1. The summed E-state index contributed by atoms with van der Waals surface area (Å²) >= 11 is 0. The lowest BCUT2D eigenvalue weighted by Gasteiger charge is -2.44. The highest BCUT2D eigenvalue weighted by atomic mass is 16.3. The van der Waals surface area contributed by atoms with Crippen LogP contribution < -0.4 is 15.5 Å². The van der Waals surface area contributed by atoms with Gasteiger partial charge in [0, 0.05) is 17.3 Å². The minimum absolute atomic E-state index is 0.0194. The molecule has 0 saturated heterocycles. The summed E-state index contributed by atoms with van der Waals surface area (Å²) in [7, 11) is 0. The molecule has 4 rings (SSSR count). The number of aryl methyl sites for hydroxylation is 2. The van der Waals surface area contributed by atoms with E-state index in [9.17, 15) is 14.7 Å². The summed E-state index contributed by atoms with van der Waals surface area (Å²) in [4.78, 5) is 27.9. The second-order valence-electron chi connectivity index (χ2n) is 8.59. The monoisotopic (exact) mass is 407 g/mol. The van der Waals surface area contributed by atoms with Crippen LogP contribution in [0.25, 0.3) is 0 Å². The van der Waals surface area contributed by atoms with Crippen LogP contribution in [0, 0.1) is 19.8 Å². The molecule has 3 amide bonds. The number of benzene rings is 2. The highest BCUT2D eigenvalue weighted by Gasteiger charge is 2.52. The number of aliphatic hydroxyl groups is 1. The van der Waals surface area contributed by atoms with Gasteiger partial charge in [0.2, 0.25) is 0 Å². The first kappa shape index (κ1) is 20.4. The number of para-hydroxylation sites is 1. The molecule has 0 spiro atoms. The van der Waals surface area contributed by atoms with Crippen LogP contribution in [0.1, 0.15) is 49.3 Å². The Labute approximate surface area is 177 Å². The van der Waals surface area contributed by atoms with Gasteiger partial charge in [-0.1, -0.05) is 44.0 Å². The Kier molecular flexibility index (Phi) is 5.28. The molecule has 2 aromatic rings. The molecular weight excluding hydrogens is 378 g/mol. The molecule has 2 aromatic carbocycles. The Balaban J connectivity index is 1.80. The van der Waals surface area contributed by atoms with Gasteiger partial charge in [0.15, 0.2) is 0 Å². The second kappa shape index (κ2) is 7.76. The quantitative estimate of drug-likeness (QED) is 0.713. The Morgan fingerprint density at radius 2 is 1.87 bits per heavy atom. The molecule has 1 aliphatic heterocycles. The zero-order valence-electron chi connectivity index (χ0n) is 17.7. The lowest BCUT2D eigenvalue weighted by Crippen LogP contribution is -2.64. The first-order valence-electron chi connectivity index (χ1n) is 10.6. The van der Waals surface area contributed by atoms with Gasteiger partial charge >= 0.3 is 6.03 Å². The average molecular weight is 408 g/mol. The molecule has 3 N–H and O–H groups in total. The van der Waals surface area contributed by atoms with E-state index in [1.807, 2.05) is 26.0 Å². The van der Waals surface area contributed by atoms with Crippen LogP contribution in [-0.2, 0) is 10.5 Å². The number of fused-ring (bicyclic) bond motifs is 1. The number of nitrogens with one attached hydrogen (secondary N) is 2. The van der Waals surface area contributed by atoms with Crippen LogP contribution >= 0.6 is 0 Å². The highest BCUT2D eigenvalue weighted by Crippen LogP contribution is 2.40. The van der Waals surface area contributed by atoms with Gasteiger partial charge in [0.1, 0.15) is 0 Å². The molecule has 6 nitrogen and oxygen atoms in total. The summed E-state index contributed by atoms with van der Waals surface area (Å²) in [5.74, 6) is -0.240. The Morgan fingerprint density at radius 1 is 1.13 bits per heavy atom. The number of nitrogens with zero attached hydrogens (tertiary/aromatic N) is 1. The minimum atomic E-state index is -2.14. The third-order valence-corrected chi connectivity index (χ3v) is 6.56. The van der Waals surface area contributed by atoms with Crippen molar-refractivity contribution in [1.29, 1.82) is 0 Å². The predicted molar refractivity (Wildman–Crippen MR) is 117 cm³/mol. The standard InChI is InChI=1S/C24H29N3O3/c1-15-12-13-18(14-17(15)3)27-23(29)26-21-11-7-5-9-19(21)24(27,30)22(28)25-20-10-6-4-8-16(20)2/h5,7,9,11-14,16,20,30H,4,6,8,10H2,1-3H3,(H,25,28)(H,26,29)/t16-,20-,24-/m0/s1. The van der Waals surface area contributed by atoms with Crippen molar-refractivity contribution < 1.29 is 14.7 Å². The summed E-state index contributed by atoms with van der Waals surface area (Å²) in [6.07, 6.45) is 4.12. The molecular formula is C24H29N3O3. The van der Waals surface area contributed by atoms with Gasteiger partial charge in [0.05, 0.1) is 5.69 Å². The number of hydrogen-bond acceptors (Lipinski definition) is 3. The van der Waals surface area contributed by atoms with E-state index in [4.69, 9.17) is 0 Å². The van der Waals surface area contributed by atoms with Crippen molar-refractivity contribution in [2.75, 3.05) is 10.2 Å². The Hall–Kier alpha value is -2.86. The lowest BCUT2D eigenvalue weighted by molar-refractivity contribution is -0.141. The van der Waals surface area contributed by atoms with E-state index in [0.717, 1.165) is 36.8 Å². The third-order valence-electron chi connectivity index (χ3n) is 6.56. The zero-order chi connectivity index (χ0) is 21.5. The first-order valence-corrected chi connectivity index (χ1v) is 10.6. The van der Waals surface area contributed by atoms with Crippen molar-refractivity contribution in [3.63, 3.8) is 0 Å². The largest absolute Gasteiger partial charge is 0.359 e. The summed E-state index contributed by atoms with van der Waals surface area (Å²) in [6, 6.07) is 11.8. The van der Waals surface area contributed by atoms with Gasteiger partial charge in [-0.15, -0.1) is 0 Å². The maximum atomic E-state index is 13.6. The molecule has 6 heteroatoms. The van der Waals surface area contributed by atoms with E-state index in [1.165, 1.54) is 4.90 Å². The predicted octanol–water partition coefficient (Wildman–Crippen LogP) is 4.20. The van der Waals surface area contributed by atoms with E-state index in [1.54, 1.807) is 30.3 Å². The highest BCUT2D eigenvalue weighted by molar-refractivity contribution is 6.11. The van der Waals surface area contributed by atoms with E-state index in [-0.39, 0.29) is 6.04 Å². The summed E-state index contributed by atoms with van der Waals surface area (Å²) in [5, 5.41) is 17.8. The minimum Gasteiger partial charge on any atom is -0.359 e. The molecule has 0 aromatic heterocycles. The van der Waals surface area contributed by atoms with E-state index >= 15 is 0 Å². The van der Waals surface area contributed by atoms with Crippen molar-refractivity contribution in [2.45, 2.75) is 58.2 Å². The van der Waals surface area contributed by atoms with Crippen LogP contribution in [0.3, 0.4) is 0 Å². The SMILES string of the molecule is Cc1ccc(N2C(=O)Nc3ccccc3[C@]2(O)C(=O)N[C@H]2CCCC[C@@H]2C)cc1C. The number of carbonyl (C=O) groups is 2. The average Bonchev–Trinajstić information content (AvgIpc) is 2.72. The smallest absolute Gasteiger partial charge is 0.329 e. The van der Waals surface area contributed by atoms with Gasteiger partial charge < -0.3 is 15.7 Å². The lowest BCUT2D eigenvalue weighted by atomic mass is 9.85. The Bertz CT molecular complexity index is 989. The molecule has 1 saturated carbocycles. The first-order chi connectivity index (χ1) is 14.3. The van der Waals surface area contributed by atoms with Gasteiger partial charge in [0.25, 0.3) is 11.6 Å². The van der Waals surface area contributed by atoms with Gasteiger partial charge in [-0.05, 0) is 61.9 Å². The molecule has 0 radical (unpaired) electrons. The van der Waals surface area contributed by atoms with Crippen LogP contribution in [0.2, 0.25) is 0 Å². The number of amides is 3. The van der Waals surface area contributed by atoms with Crippen LogP contribution in [0.15, 0.2) is 42.5 Å². The van der Waals surface area contributed by atoms with Crippen molar-refractivity contribution in [3.8, 4) is 0 Å². The number of rotatable bonds is 3. The fourth-order valence-corrected chi connectivity index (χ4v) is 4.53. The molecule has 0 bridgehead atoms. The van der Waals surface area contributed by atoms with Crippen molar-refractivity contribution >= 4 is 23.3 Å². The normalized spacial score (nSPS) is 26.0.